The van der Waals surface area contributed by atoms with Crippen LogP contribution in [0.4, 0.5) is 14.5 Å². The lowest BCUT2D eigenvalue weighted by molar-refractivity contribution is -0.113. The van der Waals surface area contributed by atoms with Crippen LogP contribution in [0, 0.1) is 3.57 Å². The number of nitrogens with one attached hydrogen (secondary N) is 1. The Morgan fingerprint density at radius 3 is 2.67 bits per heavy atom. The molecule has 4 nitrogen and oxygen atoms in total. The Hall–Kier alpha value is -1.68. The lowest BCUT2D eigenvalue weighted by Gasteiger charge is -2.08. The molecule has 0 aliphatic heterocycles. The Morgan fingerprint density at radius 2 is 1.92 bits per heavy atom. The predicted octanol–water partition coefficient (Wildman–Crippen LogP) is 4.77. The van der Waals surface area contributed by atoms with E-state index in [9.17, 15) is 13.6 Å². The number of alkyl halides is 2. The van der Waals surface area contributed by atoms with E-state index in [1.165, 1.54) is 0 Å². The molecule has 0 spiro atoms. The van der Waals surface area contributed by atoms with Gasteiger partial charge in [0.1, 0.15) is 0 Å². The molecule has 0 bridgehead atoms. The maximum Gasteiger partial charge on any atom is 0.321 e. The molecule has 2 aromatic carbocycles. The van der Waals surface area contributed by atoms with Gasteiger partial charge in [-0.25, -0.2) is 4.98 Å². The summed E-state index contributed by atoms with van der Waals surface area (Å²) in [5.41, 5.74) is 1.54. The van der Waals surface area contributed by atoms with E-state index in [4.69, 9.17) is 0 Å². The standard InChI is InChI=1S/C16H12F2IN3OS/c17-15(18)22-13-8-4-3-7-12(13)21-16(22)24-9-14(23)20-11-6-2-1-5-10(11)19/h1-8,15H,9H2,(H,20,23). The Kier molecular flexibility index (Phi) is 5.34. The van der Waals surface area contributed by atoms with Gasteiger partial charge in [0, 0.05) is 3.57 Å². The molecule has 0 atom stereocenters. The summed E-state index contributed by atoms with van der Waals surface area (Å²) >= 11 is 3.11. The van der Waals surface area contributed by atoms with Crippen LogP contribution in [0.15, 0.2) is 53.7 Å². The monoisotopic (exact) mass is 459 g/mol. The SMILES string of the molecule is O=C(CSc1nc2ccccc2n1C(F)F)Nc1ccccc1I. The summed E-state index contributed by atoms with van der Waals surface area (Å²) in [6, 6.07) is 14.0. The zero-order valence-electron chi connectivity index (χ0n) is 12.2. The first kappa shape index (κ1) is 17.2. The van der Waals surface area contributed by atoms with Crippen molar-refractivity contribution < 1.29 is 13.6 Å². The van der Waals surface area contributed by atoms with Crippen molar-refractivity contribution in [2.24, 2.45) is 0 Å². The number of carbonyl (C=O) groups is 1. The summed E-state index contributed by atoms with van der Waals surface area (Å²) in [6.07, 6.45) is 0. The zero-order valence-corrected chi connectivity index (χ0v) is 15.2. The van der Waals surface area contributed by atoms with E-state index in [0.29, 0.717) is 16.7 Å². The Bertz CT molecular complexity index is 885. The highest BCUT2D eigenvalue weighted by atomic mass is 127. The normalized spacial score (nSPS) is 11.2. The maximum absolute atomic E-state index is 13.3. The lowest BCUT2D eigenvalue weighted by Crippen LogP contribution is -2.15. The number of fused-ring (bicyclic) bond motifs is 1. The number of halogens is 3. The number of hydrogen-bond donors (Lipinski definition) is 1. The van der Waals surface area contributed by atoms with E-state index in [1.807, 2.05) is 18.2 Å². The van der Waals surface area contributed by atoms with Crippen molar-refractivity contribution in [3.8, 4) is 0 Å². The molecule has 1 heterocycles. The quantitative estimate of drug-likeness (QED) is 0.442. The largest absolute Gasteiger partial charge is 0.324 e. The number of anilines is 1. The summed E-state index contributed by atoms with van der Waals surface area (Å²) in [5.74, 6) is -0.266. The van der Waals surface area contributed by atoms with Crippen LogP contribution < -0.4 is 5.32 Å². The summed E-state index contributed by atoms with van der Waals surface area (Å²) in [6.45, 7) is -2.71. The summed E-state index contributed by atoms with van der Waals surface area (Å²) in [5, 5.41) is 2.90. The third-order valence-electron chi connectivity index (χ3n) is 3.24. The molecule has 1 amide bonds. The second-order valence-electron chi connectivity index (χ2n) is 4.85. The number of benzene rings is 2. The molecule has 1 N–H and O–H groups in total. The van der Waals surface area contributed by atoms with Crippen molar-refractivity contribution in [3.05, 3.63) is 52.1 Å². The fourth-order valence-electron chi connectivity index (χ4n) is 2.19. The molecule has 0 saturated heterocycles. The van der Waals surface area contributed by atoms with Gasteiger partial charge in [0.05, 0.1) is 22.5 Å². The molecule has 0 fully saturated rings. The van der Waals surface area contributed by atoms with Crippen LogP contribution in [-0.2, 0) is 4.79 Å². The van der Waals surface area contributed by atoms with Crippen LogP contribution in [0.25, 0.3) is 11.0 Å². The van der Waals surface area contributed by atoms with Crippen molar-refractivity contribution in [3.63, 3.8) is 0 Å². The van der Waals surface area contributed by atoms with Crippen LogP contribution in [0.5, 0.6) is 0 Å². The van der Waals surface area contributed by atoms with E-state index >= 15 is 0 Å². The first-order chi connectivity index (χ1) is 11.6. The molecule has 0 aliphatic carbocycles. The van der Waals surface area contributed by atoms with Crippen LogP contribution in [0.2, 0.25) is 0 Å². The van der Waals surface area contributed by atoms with Crippen LogP contribution >= 0.6 is 34.4 Å². The molecular formula is C16H12F2IN3OS. The molecule has 124 valence electrons. The van der Waals surface area contributed by atoms with Crippen molar-refractivity contribution in [1.29, 1.82) is 0 Å². The van der Waals surface area contributed by atoms with Gasteiger partial charge in [-0.1, -0.05) is 36.0 Å². The van der Waals surface area contributed by atoms with Crippen molar-refractivity contribution in [1.82, 2.24) is 9.55 Å². The Balaban J connectivity index is 1.75. The van der Waals surface area contributed by atoms with Gasteiger partial charge < -0.3 is 5.32 Å². The number of aromatic nitrogens is 2. The molecule has 0 saturated carbocycles. The molecule has 24 heavy (non-hydrogen) atoms. The number of para-hydroxylation sites is 3. The number of thioether (sulfide) groups is 1. The topological polar surface area (TPSA) is 46.9 Å². The number of carbonyl (C=O) groups excluding carboxylic acids is 1. The molecule has 0 aliphatic rings. The maximum atomic E-state index is 13.3. The summed E-state index contributed by atoms with van der Waals surface area (Å²) in [7, 11) is 0. The molecular weight excluding hydrogens is 447 g/mol. The first-order valence-corrected chi connectivity index (χ1v) is 9.05. The molecule has 0 unspecified atom stereocenters. The number of rotatable bonds is 5. The zero-order chi connectivity index (χ0) is 17.1. The van der Waals surface area contributed by atoms with Crippen LogP contribution in [0.1, 0.15) is 6.55 Å². The molecule has 8 heteroatoms. The number of imidazole rings is 1. The van der Waals surface area contributed by atoms with E-state index in [0.717, 1.165) is 19.9 Å². The highest BCUT2D eigenvalue weighted by molar-refractivity contribution is 14.1. The Morgan fingerprint density at radius 1 is 1.21 bits per heavy atom. The molecule has 0 radical (unpaired) electrons. The van der Waals surface area contributed by atoms with Crippen molar-refractivity contribution in [2.45, 2.75) is 11.7 Å². The molecule has 1 aromatic heterocycles. The average molecular weight is 459 g/mol. The fourth-order valence-corrected chi connectivity index (χ4v) is 3.53. The fraction of sp³-hybridized carbons (Fsp3) is 0.125. The third kappa shape index (κ3) is 3.69. The average Bonchev–Trinajstić information content (AvgIpc) is 2.93. The van der Waals surface area contributed by atoms with Gasteiger partial charge in [-0.05, 0) is 46.9 Å². The van der Waals surface area contributed by atoms with Gasteiger partial charge in [-0.15, -0.1) is 0 Å². The van der Waals surface area contributed by atoms with Gasteiger partial charge in [0.2, 0.25) is 5.91 Å². The molecule has 3 rings (SSSR count). The van der Waals surface area contributed by atoms with E-state index in [-0.39, 0.29) is 16.8 Å². The van der Waals surface area contributed by atoms with Crippen LogP contribution in [-0.4, -0.2) is 21.2 Å². The highest BCUT2D eigenvalue weighted by Crippen LogP contribution is 2.29. The summed E-state index contributed by atoms with van der Waals surface area (Å²) < 4.78 is 28.4. The summed E-state index contributed by atoms with van der Waals surface area (Å²) in [4.78, 5) is 16.3. The van der Waals surface area contributed by atoms with Gasteiger partial charge in [-0.3, -0.25) is 9.36 Å². The number of amides is 1. The van der Waals surface area contributed by atoms with Gasteiger partial charge in [0.15, 0.2) is 5.16 Å². The molecule has 3 aromatic rings. The van der Waals surface area contributed by atoms with Gasteiger partial charge in [0.25, 0.3) is 0 Å². The Labute approximate surface area is 154 Å². The van der Waals surface area contributed by atoms with Gasteiger partial charge >= 0.3 is 6.55 Å². The predicted molar refractivity (Wildman–Crippen MR) is 99.5 cm³/mol. The smallest absolute Gasteiger partial charge is 0.321 e. The lowest BCUT2D eigenvalue weighted by atomic mass is 10.3. The van der Waals surface area contributed by atoms with Crippen LogP contribution in [0.3, 0.4) is 0 Å². The van der Waals surface area contributed by atoms with Crippen molar-refractivity contribution in [2.75, 3.05) is 11.1 Å². The minimum atomic E-state index is -2.71. The number of nitrogens with zero attached hydrogens (tertiary/aromatic N) is 2. The third-order valence-corrected chi connectivity index (χ3v) is 5.13. The van der Waals surface area contributed by atoms with E-state index in [1.54, 1.807) is 30.3 Å². The second kappa shape index (κ2) is 7.47. The van der Waals surface area contributed by atoms with Gasteiger partial charge in [-0.2, -0.15) is 8.78 Å². The number of hydrogen-bond acceptors (Lipinski definition) is 3. The van der Waals surface area contributed by atoms with E-state index in [2.05, 4.69) is 32.9 Å². The minimum absolute atomic E-state index is 0.00101. The highest BCUT2D eigenvalue weighted by Gasteiger charge is 2.18. The second-order valence-corrected chi connectivity index (χ2v) is 6.95. The minimum Gasteiger partial charge on any atom is -0.324 e. The first-order valence-electron chi connectivity index (χ1n) is 6.98. The van der Waals surface area contributed by atoms with E-state index < -0.39 is 6.55 Å². The van der Waals surface area contributed by atoms with Crippen molar-refractivity contribution >= 4 is 57.0 Å².